The molecule has 1 amide bonds. The van der Waals surface area contributed by atoms with Crippen LogP contribution in [-0.2, 0) is 16.0 Å². The highest BCUT2D eigenvalue weighted by molar-refractivity contribution is 9.10. The van der Waals surface area contributed by atoms with Crippen molar-refractivity contribution in [3.05, 3.63) is 51.3 Å². The zero-order chi connectivity index (χ0) is 17.7. The number of benzene rings is 1. The average Bonchev–Trinajstić information content (AvgIpc) is 2.94. The highest BCUT2D eigenvalue weighted by atomic mass is 79.9. The molecule has 1 atom stereocenters. The van der Waals surface area contributed by atoms with Crippen LogP contribution in [0.4, 0.5) is 0 Å². The number of halogens is 1. The Labute approximate surface area is 148 Å². The lowest BCUT2D eigenvalue weighted by atomic mass is 10.1. The molecule has 0 spiro atoms. The minimum atomic E-state index is -0.600. The predicted molar refractivity (Wildman–Crippen MR) is 91.6 cm³/mol. The molecule has 7 heteroatoms. The van der Waals surface area contributed by atoms with E-state index in [1.54, 1.807) is 6.92 Å². The maximum Gasteiger partial charge on any atom is 0.344 e. The number of nitrogens with one attached hydrogen (secondary N) is 1. The number of hydrogen-bond acceptors (Lipinski definition) is 5. The molecule has 0 saturated heterocycles. The second-order valence-corrected chi connectivity index (χ2v) is 6.25. The van der Waals surface area contributed by atoms with E-state index in [4.69, 9.17) is 9.26 Å². The van der Waals surface area contributed by atoms with Gasteiger partial charge in [0.2, 0.25) is 0 Å². The SMILES string of the molecule is CCc1noc(C)c1C(=O)OCC(=O)NC(C)c1ccc(Br)cc1. The van der Waals surface area contributed by atoms with Crippen LogP contribution >= 0.6 is 15.9 Å². The van der Waals surface area contributed by atoms with Gasteiger partial charge < -0.3 is 14.6 Å². The van der Waals surface area contributed by atoms with Crippen LogP contribution in [0.2, 0.25) is 0 Å². The number of esters is 1. The molecular weight excluding hydrogens is 376 g/mol. The largest absolute Gasteiger partial charge is 0.452 e. The number of carbonyl (C=O) groups excluding carboxylic acids is 2. The molecule has 6 nitrogen and oxygen atoms in total. The van der Waals surface area contributed by atoms with Crippen LogP contribution in [0.1, 0.15) is 47.3 Å². The van der Waals surface area contributed by atoms with Gasteiger partial charge in [-0.15, -0.1) is 0 Å². The third-order valence-corrected chi connectivity index (χ3v) is 4.08. The van der Waals surface area contributed by atoms with Crippen LogP contribution in [0.5, 0.6) is 0 Å². The lowest BCUT2D eigenvalue weighted by molar-refractivity contribution is -0.124. The van der Waals surface area contributed by atoms with E-state index in [1.165, 1.54) is 0 Å². The van der Waals surface area contributed by atoms with E-state index >= 15 is 0 Å². The second kappa shape index (κ2) is 8.10. The summed E-state index contributed by atoms with van der Waals surface area (Å²) in [5.41, 5.74) is 1.79. The van der Waals surface area contributed by atoms with Crippen molar-refractivity contribution in [1.82, 2.24) is 10.5 Å². The average molecular weight is 395 g/mol. The third-order valence-electron chi connectivity index (χ3n) is 3.55. The van der Waals surface area contributed by atoms with Gasteiger partial charge in [0.25, 0.3) is 5.91 Å². The molecule has 1 aromatic carbocycles. The van der Waals surface area contributed by atoms with Crippen LogP contribution in [0.25, 0.3) is 0 Å². The molecule has 0 bridgehead atoms. The fourth-order valence-corrected chi connectivity index (χ4v) is 2.51. The number of aryl methyl sites for hydroxylation is 2. The van der Waals surface area contributed by atoms with Crippen molar-refractivity contribution >= 4 is 27.8 Å². The lowest BCUT2D eigenvalue weighted by Gasteiger charge is -2.14. The number of ether oxygens (including phenoxy) is 1. The summed E-state index contributed by atoms with van der Waals surface area (Å²) in [6, 6.07) is 7.44. The molecule has 0 radical (unpaired) electrons. The number of amides is 1. The quantitative estimate of drug-likeness (QED) is 0.759. The minimum absolute atomic E-state index is 0.187. The first kappa shape index (κ1) is 18.2. The topological polar surface area (TPSA) is 81.4 Å². The maximum absolute atomic E-state index is 12.1. The normalized spacial score (nSPS) is 11.8. The van der Waals surface area contributed by atoms with E-state index in [2.05, 4.69) is 26.4 Å². The van der Waals surface area contributed by atoms with Crippen molar-refractivity contribution in [3.8, 4) is 0 Å². The number of nitrogens with zero attached hydrogens (tertiary/aromatic N) is 1. The molecule has 1 unspecified atom stereocenters. The fourth-order valence-electron chi connectivity index (χ4n) is 2.24. The van der Waals surface area contributed by atoms with Gasteiger partial charge in [0, 0.05) is 4.47 Å². The summed E-state index contributed by atoms with van der Waals surface area (Å²) in [6.07, 6.45) is 0.550. The fraction of sp³-hybridized carbons (Fsp3) is 0.353. The Bertz CT molecular complexity index is 725. The molecule has 0 aliphatic rings. The van der Waals surface area contributed by atoms with E-state index in [9.17, 15) is 9.59 Å². The van der Waals surface area contributed by atoms with Crippen molar-refractivity contribution in [1.29, 1.82) is 0 Å². The molecule has 128 valence electrons. The summed E-state index contributed by atoms with van der Waals surface area (Å²) < 4.78 is 11.0. The Balaban J connectivity index is 1.89. The first-order valence-corrected chi connectivity index (χ1v) is 8.38. The zero-order valence-electron chi connectivity index (χ0n) is 13.8. The molecular formula is C17H19BrN2O4. The Morgan fingerprint density at radius 1 is 1.33 bits per heavy atom. The van der Waals surface area contributed by atoms with E-state index in [1.807, 2.05) is 38.1 Å². The van der Waals surface area contributed by atoms with Crippen LogP contribution in [-0.4, -0.2) is 23.6 Å². The molecule has 24 heavy (non-hydrogen) atoms. The molecule has 1 aromatic heterocycles. The third kappa shape index (κ3) is 4.44. The summed E-state index contributed by atoms with van der Waals surface area (Å²) in [5, 5.41) is 6.59. The monoisotopic (exact) mass is 394 g/mol. The first-order chi connectivity index (χ1) is 11.4. The van der Waals surface area contributed by atoms with Gasteiger partial charge in [-0.25, -0.2) is 4.79 Å². The van der Waals surface area contributed by atoms with Gasteiger partial charge in [-0.05, 0) is 38.0 Å². The van der Waals surface area contributed by atoms with Gasteiger partial charge >= 0.3 is 5.97 Å². The van der Waals surface area contributed by atoms with Gasteiger partial charge in [-0.3, -0.25) is 4.79 Å². The van der Waals surface area contributed by atoms with Crippen LogP contribution < -0.4 is 5.32 Å². The van der Waals surface area contributed by atoms with Crippen LogP contribution in [0.3, 0.4) is 0 Å². The van der Waals surface area contributed by atoms with Gasteiger partial charge in [0.15, 0.2) is 6.61 Å². The van der Waals surface area contributed by atoms with Gasteiger partial charge in [-0.2, -0.15) is 0 Å². The summed E-state index contributed by atoms with van der Waals surface area (Å²) in [7, 11) is 0. The maximum atomic E-state index is 12.1. The molecule has 0 saturated carbocycles. The predicted octanol–water partition coefficient (Wildman–Crippen LogP) is 3.34. The summed E-state index contributed by atoms with van der Waals surface area (Å²) in [5.74, 6) is -0.580. The highest BCUT2D eigenvalue weighted by Crippen LogP contribution is 2.17. The molecule has 1 heterocycles. The molecule has 2 rings (SSSR count). The standard InChI is InChI=1S/C17H19BrN2O4/c1-4-14-16(11(3)24-20-14)17(22)23-9-15(21)19-10(2)12-5-7-13(18)8-6-12/h5-8,10H,4,9H2,1-3H3,(H,19,21). The second-order valence-electron chi connectivity index (χ2n) is 5.33. The van der Waals surface area contributed by atoms with Gasteiger partial charge in [0.1, 0.15) is 11.3 Å². The molecule has 1 N–H and O–H groups in total. The van der Waals surface area contributed by atoms with E-state index < -0.39 is 5.97 Å². The van der Waals surface area contributed by atoms with E-state index in [0.29, 0.717) is 23.4 Å². The van der Waals surface area contributed by atoms with Crippen molar-refractivity contribution in [2.45, 2.75) is 33.2 Å². The smallest absolute Gasteiger partial charge is 0.344 e. The zero-order valence-corrected chi connectivity index (χ0v) is 15.3. The Hall–Kier alpha value is -2.15. The van der Waals surface area contributed by atoms with Crippen molar-refractivity contribution in [3.63, 3.8) is 0 Å². The summed E-state index contributed by atoms with van der Waals surface area (Å²) in [6.45, 7) is 5.01. The Morgan fingerprint density at radius 3 is 2.62 bits per heavy atom. The number of aromatic nitrogens is 1. The lowest BCUT2D eigenvalue weighted by Crippen LogP contribution is -2.31. The minimum Gasteiger partial charge on any atom is -0.452 e. The highest BCUT2D eigenvalue weighted by Gasteiger charge is 2.21. The van der Waals surface area contributed by atoms with E-state index in [0.717, 1.165) is 10.0 Å². The Morgan fingerprint density at radius 2 is 2.00 bits per heavy atom. The summed E-state index contributed by atoms with van der Waals surface area (Å²) >= 11 is 3.36. The van der Waals surface area contributed by atoms with E-state index in [-0.39, 0.29) is 18.6 Å². The summed E-state index contributed by atoms with van der Waals surface area (Å²) in [4.78, 5) is 24.1. The molecule has 0 aliphatic heterocycles. The molecule has 0 aliphatic carbocycles. The first-order valence-electron chi connectivity index (χ1n) is 7.59. The van der Waals surface area contributed by atoms with Crippen LogP contribution in [0.15, 0.2) is 33.3 Å². The van der Waals surface area contributed by atoms with Crippen LogP contribution in [0, 0.1) is 6.92 Å². The van der Waals surface area contributed by atoms with Gasteiger partial charge in [-0.1, -0.05) is 40.1 Å². The molecule has 2 aromatic rings. The number of rotatable bonds is 6. The van der Waals surface area contributed by atoms with Crippen molar-refractivity contribution < 1.29 is 18.8 Å². The van der Waals surface area contributed by atoms with Crippen molar-refractivity contribution in [2.24, 2.45) is 0 Å². The van der Waals surface area contributed by atoms with Crippen molar-refractivity contribution in [2.75, 3.05) is 6.61 Å². The van der Waals surface area contributed by atoms with Gasteiger partial charge in [0.05, 0.1) is 11.7 Å². The number of hydrogen-bond donors (Lipinski definition) is 1. The molecule has 0 fully saturated rings. The Kier molecular flexibility index (Phi) is 6.14. The number of carbonyl (C=O) groups is 2.